The van der Waals surface area contributed by atoms with Crippen LogP contribution in [-0.4, -0.2) is 12.3 Å². The number of alkyl halides is 2. The maximum atomic E-state index is 14.2. The third-order valence-corrected chi connectivity index (χ3v) is 7.99. The largest absolute Gasteiger partial charge is 0.310 e. The van der Waals surface area contributed by atoms with Crippen LogP contribution in [0.1, 0.15) is 77.0 Å². The number of hydrogen-bond acceptors (Lipinski definition) is 1. The summed E-state index contributed by atoms with van der Waals surface area (Å²) in [6.07, 6.45) is 13.6. The predicted molar refractivity (Wildman–Crippen MR) is 107 cm³/mol. The SMILES string of the molecule is N#CC1C[CH-]C(C#CC2CCC(C3CCC(CC4CC4)CC3)CC2)C(F)C1F.[Y]. The van der Waals surface area contributed by atoms with E-state index in [1.54, 1.807) is 6.42 Å². The Kier molecular flexibility index (Phi) is 9.02. The van der Waals surface area contributed by atoms with Gasteiger partial charge in [-0.25, -0.2) is 8.78 Å². The Morgan fingerprint density at radius 1 is 0.759 bits per heavy atom. The van der Waals surface area contributed by atoms with E-state index in [2.05, 4.69) is 11.8 Å². The number of halogens is 2. The molecule has 1 radical (unpaired) electrons. The molecule has 4 atom stereocenters. The van der Waals surface area contributed by atoms with Crippen molar-refractivity contribution in [2.75, 3.05) is 0 Å². The van der Waals surface area contributed by atoms with Crippen molar-refractivity contribution in [1.29, 1.82) is 5.26 Å². The van der Waals surface area contributed by atoms with E-state index in [0.29, 0.717) is 12.3 Å². The van der Waals surface area contributed by atoms with E-state index in [4.69, 9.17) is 5.26 Å². The molecule has 4 aliphatic rings. The maximum absolute atomic E-state index is 14.2. The number of nitrogens with zero attached hydrogens (tertiary/aromatic N) is 1. The summed E-state index contributed by atoms with van der Waals surface area (Å²) in [5.74, 6) is 8.99. The molecule has 0 bridgehead atoms. The Morgan fingerprint density at radius 3 is 1.86 bits per heavy atom. The minimum atomic E-state index is -1.69. The molecular weight excluding hydrogens is 441 g/mol. The van der Waals surface area contributed by atoms with Crippen LogP contribution in [0.25, 0.3) is 0 Å². The second kappa shape index (κ2) is 11.0. The molecule has 157 valence electrons. The normalized spacial score (nSPS) is 42.7. The van der Waals surface area contributed by atoms with Crippen LogP contribution in [0, 0.1) is 71.0 Å². The van der Waals surface area contributed by atoms with E-state index in [1.807, 2.05) is 6.07 Å². The third kappa shape index (κ3) is 6.26. The molecule has 0 heterocycles. The molecule has 4 fully saturated rings. The Bertz CT molecular complexity index is 615. The van der Waals surface area contributed by atoms with Crippen LogP contribution >= 0.6 is 0 Å². The van der Waals surface area contributed by atoms with Gasteiger partial charge in [0.05, 0.1) is 12.0 Å². The van der Waals surface area contributed by atoms with Gasteiger partial charge >= 0.3 is 0 Å². The molecule has 0 aromatic rings. The van der Waals surface area contributed by atoms with Crippen LogP contribution in [-0.2, 0) is 32.7 Å². The van der Waals surface area contributed by atoms with Gasteiger partial charge in [0.2, 0.25) is 0 Å². The zero-order valence-corrected chi connectivity index (χ0v) is 20.4. The van der Waals surface area contributed by atoms with Gasteiger partial charge in [-0.3, -0.25) is 0 Å². The Balaban J connectivity index is 0.00000240. The van der Waals surface area contributed by atoms with Crippen LogP contribution in [0.15, 0.2) is 0 Å². The van der Waals surface area contributed by atoms with Crippen LogP contribution in [0.5, 0.6) is 0 Å². The van der Waals surface area contributed by atoms with Crippen LogP contribution in [0.2, 0.25) is 0 Å². The molecule has 0 aromatic carbocycles. The summed E-state index contributed by atoms with van der Waals surface area (Å²) in [4.78, 5) is 0. The molecule has 0 aromatic heterocycles. The molecule has 29 heavy (non-hydrogen) atoms. The first-order valence-corrected chi connectivity index (χ1v) is 11.7. The van der Waals surface area contributed by atoms with Gasteiger partial charge in [0.25, 0.3) is 0 Å². The molecule has 4 aliphatic carbocycles. The van der Waals surface area contributed by atoms with Gasteiger partial charge in [-0.05, 0) is 68.6 Å². The number of rotatable bonds is 3. The van der Waals surface area contributed by atoms with Crippen molar-refractivity contribution in [3.8, 4) is 17.9 Å². The van der Waals surface area contributed by atoms with Gasteiger partial charge in [-0.2, -0.15) is 11.7 Å². The third-order valence-electron chi connectivity index (χ3n) is 7.99. The van der Waals surface area contributed by atoms with E-state index in [9.17, 15) is 8.78 Å². The fraction of sp³-hybridized carbons (Fsp3) is 0.840. The fourth-order valence-corrected chi connectivity index (χ4v) is 5.90. The molecule has 4 unspecified atom stereocenters. The number of nitriles is 1. The average molecular weight is 475 g/mol. The first-order valence-electron chi connectivity index (χ1n) is 11.7. The summed E-state index contributed by atoms with van der Waals surface area (Å²) >= 11 is 0. The molecule has 4 rings (SSSR count). The van der Waals surface area contributed by atoms with E-state index in [1.165, 1.54) is 57.8 Å². The Labute approximate surface area is 201 Å². The predicted octanol–water partition coefficient (Wildman–Crippen LogP) is 6.44. The van der Waals surface area contributed by atoms with Crippen molar-refractivity contribution in [3.05, 3.63) is 6.42 Å². The summed E-state index contributed by atoms with van der Waals surface area (Å²) < 4.78 is 28.1. The minimum absolute atomic E-state index is 0. The van der Waals surface area contributed by atoms with Crippen LogP contribution in [0.3, 0.4) is 0 Å². The van der Waals surface area contributed by atoms with E-state index >= 15 is 0 Å². The maximum Gasteiger partial charge on any atom is 0.143 e. The van der Waals surface area contributed by atoms with Crippen molar-refractivity contribution in [1.82, 2.24) is 0 Å². The molecule has 4 saturated carbocycles. The molecule has 0 spiro atoms. The van der Waals surface area contributed by atoms with Gasteiger partial charge in [0, 0.05) is 38.6 Å². The molecule has 0 aliphatic heterocycles. The summed E-state index contributed by atoms with van der Waals surface area (Å²) in [7, 11) is 0. The van der Waals surface area contributed by atoms with E-state index < -0.39 is 24.2 Å². The Hall–Kier alpha value is 0.0139. The van der Waals surface area contributed by atoms with Crippen molar-refractivity contribution in [2.24, 2.45) is 41.4 Å². The van der Waals surface area contributed by atoms with Gasteiger partial charge in [-0.15, -0.1) is 11.8 Å². The monoisotopic (exact) mass is 475 g/mol. The molecule has 1 nitrogen and oxygen atoms in total. The quantitative estimate of drug-likeness (QED) is 0.340. The zero-order valence-electron chi connectivity index (χ0n) is 17.5. The van der Waals surface area contributed by atoms with Crippen LogP contribution < -0.4 is 0 Å². The number of hydrogen-bond donors (Lipinski definition) is 0. The zero-order chi connectivity index (χ0) is 19.5. The van der Waals surface area contributed by atoms with Crippen molar-refractivity contribution in [2.45, 2.75) is 89.4 Å². The van der Waals surface area contributed by atoms with Crippen LogP contribution in [0.4, 0.5) is 8.78 Å². The first kappa shape index (κ1) is 23.7. The molecule has 0 N–H and O–H groups in total. The molecular formula is C25H34F2NY-. The fourth-order valence-electron chi connectivity index (χ4n) is 5.90. The molecule has 4 heteroatoms. The van der Waals surface area contributed by atoms with E-state index in [-0.39, 0.29) is 32.7 Å². The second-order valence-corrected chi connectivity index (χ2v) is 9.98. The van der Waals surface area contributed by atoms with E-state index in [0.717, 1.165) is 36.5 Å². The first-order chi connectivity index (χ1) is 13.6. The summed E-state index contributed by atoms with van der Waals surface area (Å²) in [6.45, 7) is 0. The van der Waals surface area contributed by atoms with Crippen molar-refractivity contribution >= 4 is 0 Å². The van der Waals surface area contributed by atoms with Gasteiger partial charge in [0.15, 0.2) is 0 Å². The summed E-state index contributed by atoms with van der Waals surface area (Å²) in [5, 5.41) is 8.87. The molecule has 0 saturated heterocycles. The standard InChI is InChI=1S/C25H34F2N.Y/c26-24-22(13-14-23(16-28)25(24)27)12-5-17-3-8-20(9-4-17)21-10-6-19(7-11-21)15-18-1-2-18;/h13,17-25H,1-4,6-11,14-15H2;/q-1;. The second-order valence-electron chi connectivity index (χ2n) is 9.98. The van der Waals surface area contributed by atoms with Gasteiger partial charge in [0.1, 0.15) is 12.3 Å². The van der Waals surface area contributed by atoms with Crippen molar-refractivity contribution in [3.63, 3.8) is 0 Å². The van der Waals surface area contributed by atoms with Crippen molar-refractivity contribution < 1.29 is 41.5 Å². The molecule has 0 amide bonds. The average Bonchev–Trinajstić information content (AvgIpc) is 3.54. The van der Waals surface area contributed by atoms with Gasteiger partial charge < -0.3 is 6.42 Å². The Morgan fingerprint density at radius 2 is 1.31 bits per heavy atom. The van der Waals surface area contributed by atoms with Gasteiger partial charge in [-0.1, -0.05) is 31.6 Å². The summed E-state index contributed by atoms with van der Waals surface area (Å²) in [5.41, 5.74) is 0. The minimum Gasteiger partial charge on any atom is -0.310 e. The smallest absolute Gasteiger partial charge is 0.143 e. The topological polar surface area (TPSA) is 23.8 Å². The summed E-state index contributed by atoms with van der Waals surface area (Å²) in [6, 6.07) is 1.87.